The first-order chi connectivity index (χ1) is 8.24. The molecule has 17 heavy (non-hydrogen) atoms. The summed E-state index contributed by atoms with van der Waals surface area (Å²) in [7, 11) is 0. The summed E-state index contributed by atoms with van der Waals surface area (Å²) in [5, 5.41) is 0. The normalized spacial score (nSPS) is 10.5. The summed E-state index contributed by atoms with van der Waals surface area (Å²) in [5.41, 5.74) is 2.15. The number of aryl methyl sites for hydroxylation is 1. The zero-order valence-corrected chi connectivity index (χ0v) is 10.3. The van der Waals surface area contributed by atoms with Crippen LogP contribution in [-0.2, 0) is 9.47 Å². The van der Waals surface area contributed by atoms with Crippen LogP contribution in [0.25, 0.3) is 6.08 Å². The molecule has 0 bridgehead atoms. The van der Waals surface area contributed by atoms with Gasteiger partial charge < -0.3 is 9.47 Å². The average Bonchev–Trinajstić information content (AvgIpc) is 2.32. The van der Waals surface area contributed by atoms with Gasteiger partial charge in [-0.3, -0.25) is 0 Å². The second kappa shape index (κ2) is 7.49. The highest BCUT2D eigenvalue weighted by Gasteiger charge is 2.00. The van der Waals surface area contributed by atoms with E-state index in [4.69, 9.17) is 9.47 Å². The van der Waals surface area contributed by atoms with Crippen LogP contribution in [0.4, 0.5) is 4.79 Å². The molecule has 0 saturated carbocycles. The van der Waals surface area contributed by atoms with Crippen molar-refractivity contribution >= 4 is 12.2 Å². The van der Waals surface area contributed by atoms with Gasteiger partial charge in [0.05, 0.1) is 12.9 Å². The Hall–Kier alpha value is -1.77. The third-order valence-electron chi connectivity index (χ3n) is 2.32. The van der Waals surface area contributed by atoms with E-state index >= 15 is 0 Å². The van der Waals surface area contributed by atoms with Crippen molar-refractivity contribution in [3.8, 4) is 0 Å². The number of rotatable bonds is 5. The van der Waals surface area contributed by atoms with E-state index in [9.17, 15) is 4.79 Å². The highest BCUT2D eigenvalue weighted by molar-refractivity contribution is 5.62. The topological polar surface area (TPSA) is 35.5 Å². The molecule has 0 fully saturated rings. The predicted molar refractivity (Wildman–Crippen MR) is 67.6 cm³/mol. The fourth-order valence-electron chi connectivity index (χ4n) is 1.27. The van der Waals surface area contributed by atoms with Crippen LogP contribution in [0.1, 0.15) is 30.9 Å². The van der Waals surface area contributed by atoms with Gasteiger partial charge in [-0.15, -0.1) is 0 Å². The summed E-state index contributed by atoms with van der Waals surface area (Å²) in [4.78, 5) is 11.1. The Balaban J connectivity index is 2.35. The van der Waals surface area contributed by atoms with E-state index in [0.29, 0.717) is 6.61 Å². The van der Waals surface area contributed by atoms with Gasteiger partial charge >= 0.3 is 6.16 Å². The third kappa shape index (κ3) is 5.20. The molecule has 0 spiro atoms. The summed E-state index contributed by atoms with van der Waals surface area (Å²) < 4.78 is 9.64. The maximum atomic E-state index is 11.1. The first kappa shape index (κ1) is 13.3. The third-order valence-corrected chi connectivity index (χ3v) is 2.32. The van der Waals surface area contributed by atoms with Crippen LogP contribution in [0.3, 0.4) is 0 Å². The molecule has 3 heteroatoms. The Morgan fingerprint density at radius 1 is 1.35 bits per heavy atom. The molecular weight excluding hydrogens is 216 g/mol. The summed E-state index contributed by atoms with van der Waals surface area (Å²) in [6.07, 6.45) is 4.30. The maximum absolute atomic E-state index is 11.1. The van der Waals surface area contributed by atoms with Gasteiger partial charge in [0.25, 0.3) is 0 Å². The van der Waals surface area contributed by atoms with Gasteiger partial charge in [-0.25, -0.2) is 4.79 Å². The largest absolute Gasteiger partial charge is 0.513 e. The Morgan fingerprint density at radius 3 is 2.82 bits per heavy atom. The van der Waals surface area contributed by atoms with E-state index in [1.807, 2.05) is 38.1 Å². The number of hydrogen-bond donors (Lipinski definition) is 0. The van der Waals surface area contributed by atoms with Gasteiger partial charge in [0, 0.05) is 0 Å². The van der Waals surface area contributed by atoms with Crippen molar-refractivity contribution in [1.82, 2.24) is 0 Å². The average molecular weight is 234 g/mol. The lowest BCUT2D eigenvalue weighted by Crippen LogP contribution is -2.04. The predicted octanol–water partition coefficient (Wildman–Crippen LogP) is 3.92. The molecule has 0 amide bonds. The van der Waals surface area contributed by atoms with Crippen molar-refractivity contribution in [3.63, 3.8) is 0 Å². The number of ether oxygens (including phenoxy) is 2. The minimum absolute atomic E-state index is 0.410. The summed E-state index contributed by atoms with van der Waals surface area (Å²) in [5.74, 6) is 0. The van der Waals surface area contributed by atoms with Gasteiger partial charge in [-0.05, 0) is 30.5 Å². The van der Waals surface area contributed by atoms with E-state index in [-0.39, 0.29) is 0 Å². The van der Waals surface area contributed by atoms with E-state index < -0.39 is 6.16 Å². The molecule has 0 saturated heterocycles. The zero-order chi connectivity index (χ0) is 12.5. The molecule has 0 unspecified atom stereocenters. The molecule has 3 nitrogen and oxygen atoms in total. The Bertz CT molecular complexity index is 383. The van der Waals surface area contributed by atoms with Gasteiger partial charge in [-0.1, -0.05) is 37.6 Å². The molecule has 0 aliphatic heterocycles. The van der Waals surface area contributed by atoms with Crippen molar-refractivity contribution in [2.45, 2.75) is 26.7 Å². The molecule has 0 aromatic heterocycles. The number of hydrogen-bond acceptors (Lipinski definition) is 3. The molecule has 0 radical (unpaired) electrons. The number of benzene rings is 1. The summed E-state index contributed by atoms with van der Waals surface area (Å²) in [6.45, 7) is 4.44. The molecule has 1 aromatic carbocycles. The van der Waals surface area contributed by atoms with Crippen LogP contribution < -0.4 is 0 Å². The Labute approximate surface area is 102 Å². The van der Waals surface area contributed by atoms with Crippen LogP contribution in [0, 0.1) is 6.92 Å². The number of carbonyl (C=O) groups is 1. The zero-order valence-electron chi connectivity index (χ0n) is 10.3. The lowest BCUT2D eigenvalue weighted by atomic mass is 10.1. The van der Waals surface area contributed by atoms with E-state index in [1.54, 1.807) is 6.08 Å². The fourth-order valence-corrected chi connectivity index (χ4v) is 1.27. The Morgan fingerprint density at radius 2 is 2.12 bits per heavy atom. The lowest BCUT2D eigenvalue weighted by molar-refractivity contribution is 0.0841. The molecule has 0 atom stereocenters. The van der Waals surface area contributed by atoms with Crippen LogP contribution in [-0.4, -0.2) is 12.8 Å². The van der Waals surface area contributed by atoms with E-state index in [1.165, 1.54) is 6.26 Å². The summed E-state index contributed by atoms with van der Waals surface area (Å²) >= 11 is 0. The van der Waals surface area contributed by atoms with Crippen LogP contribution in [0.15, 0.2) is 30.5 Å². The minimum Gasteiger partial charge on any atom is -0.434 e. The lowest BCUT2D eigenvalue weighted by Gasteiger charge is -2.02. The molecule has 0 aliphatic carbocycles. The molecule has 0 aliphatic rings. The van der Waals surface area contributed by atoms with Crippen molar-refractivity contribution in [2.24, 2.45) is 0 Å². The van der Waals surface area contributed by atoms with Crippen LogP contribution >= 0.6 is 0 Å². The van der Waals surface area contributed by atoms with Crippen molar-refractivity contribution < 1.29 is 14.3 Å². The quantitative estimate of drug-likeness (QED) is 0.440. The highest BCUT2D eigenvalue weighted by atomic mass is 16.7. The first-order valence-electron chi connectivity index (χ1n) is 5.79. The molecule has 92 valence electrons. The minimum atomic E-state index is -0.650. The molecule has 0 heterocycles. The maximum Gasteiger partial charge on any atom is 0.513 e. The van der Waals surface area contributed by atoms with Gasteiger partial charge in [0.1, 0.15) is 0 Å². The van der Waals surface area contributed by atoms with E-state index in [0.717, 1.165) is 24.0 Å². The molecular formula is C14H18O3. The van der Waals surface area contributed by atoms with Crippen LogP contribution in [0.2, 0.25) is 0 Å². The SMILES string of the molecule is CCCCOC(=O)OC=Cc1ccccc1C. The van der Waals surface area contributed by atoms with Gasteiger partial charge in [-0.2, -0.15) is 0 Å². The highest BCUT2D eigenvalue weighted by Crippen LogP contribution is 2.08. The summed E-state index contributed by atoms with van der Waals surface area (Å²) in [6, 6.07) is 7.86. The standard InChI is InChI=1S/C14H18O3/c1-3-4-10-16-14(15)17-11-9-13-8-6-5-7-12(13)2/h5-9,11H,3-4,10H2,1-2H3. The van der Waals surface area contributed by atoms with Crippen molar-refractivity contribution in [2.75, 3.05) is 6.61 Å². The second-order valence-corrected chi connectivity index (χ2v) is 3.73. The van der Waals surface area contributed by atoms with E-state index in [2.05, 4.69) is 0 Å². The van der Waals surface area contributed by atoms with Gasteiger partial charge in [0.2, 0.25) is 0 Å². The molecule has 1 rings (SSSR count). The number of unbranched alkanes of at least 4 members (excludes halogenated alkanes) is 1. The van der Waals surface area contributed by atoms with Crippen molar-refractivity contribution in [3.05, 3.63) is 41.7 Å². The Kier molecular flexibility index (Phi) is 5.86. The second-order valence-electron chi connectivity index (χ2n) is 3.73. The van der Waals surface area contributed by atoms with Gasteiger partial charge in [0.15, 0.2) is 0 Å². The molecule has 1 aromatic rings. The fraction of sp³-hybridized carbons (Fsp3) is 0.357. The van der Waals surface area contributed by atoms with Crippen LogP contribution in [0.5, 0.6) is 0 Å². The van der Waals surface area contributed by atoms with Crippen molar-refractivity contribution in [1.29, 1.82) is 0 Å². The first-order valence-corrected chi connectivity index (χ1v) is 5.79. The monoisotopic (exact) mass is 234 g/mol. The smallest absolute Gasteiger partial charge is 0.434 e. The number of carbonyl (C=O) groups excluding carboxylic acids is 1. The molecule has 0 N–H and O–H groups in total.